The smallest absolute Gasteiger partial charge is 0.264 e. The average molecular weight is 637 g/mol. The number of nitrogens with zero attached hydrogens (tertiary/aromatic N) is 4. The van der Waals surface area contributed by atoms with Crippen molar-refractivity contribution < 1.29 is 31.6 Å². The van der Waals surface area contributed by atoms with Crippen LogP contribution in [-0.4, -0.2) is 79.1 Å². The summed E-state index contributed by atoms with van der Waals surface area (Å²) in [4.78, 5) is 0. The van der Waals surface area contributed by atoms with Crippen LogP contribution in [0, 0.1) is 0 Å². The summed E-state index contributed by atoms with van der Waals surface area (Å²) in [5.74, 6) is 0.535. The maximum absolute atomic E-state index is 10.9. The maximum Gasteiger partial charge on any atom is 0.264 e. The Labute approximate surface area is 256 Å². The molecule has 0 bridgehead atoms. The van der Waals surface area contributed by atoms with Gasteiger partial charge in [-0.3, -0.25) is 9.23 Å². The molecule has 1 unspecified atom stereocenters. The van der Waals surface area contributed by atoms with Crippen LogP contribution in [0.5, 0.6) is 5.75 Å². The molecule has 4 rings (SSSR count). The van der Waals surface area contributed by atoms with Gasteiger partial charge in [-0.1, -0.05) is 20.8 Å². The lowest BCUT2D eigenvalue weighted by atomic mass is 10.1. The molecule has 240 valence electrons. The van der Waals surface area contributed by atoms with Gasteiger partial charge in [-0.25, -0.2) is 4.68 Å². The van der Waals surface area contributed by atoms with Crippen LogP contribution in [0.4, 0.5) is 0 Å². The van der Waals surface area contributed by atoms with Gasteiger partial charge in [0.1, 0.15) is 11.4 Å². The molecule has 3 atom stereocenters. The predicted octanol–water partition coefficient (Wildman–Crippen LogP) is 6.24. The van der Waals surface area contributed by atoms with Gasteiger partial charge < -0.3 is 18.6 Å². The van der Waals surface area contributed by atoms with E-state index in [1.54, 1.807) is 6.92 Å². The Hall–Kier alpha value is -2.29. The maximum atomic E-state index is 10.9. The Morgan fingerprint density at radius 2 is 1.95 bits per heavy atom. The number of hydrogen-bond acceptors (Lipinski definition) is 8. The van der Waals surface area contributed by atoms with Gasteiger partial charge in [0.05, 0.1) is 49.4 Å². The van der Waals surface area contributed by atoms with E-state index >= 15 is 0 Å². The Morgan fingerprint density at radius 1 is 1.19 bits per heavy atom. The van der Waals surface area contributed by atoms with Crippen molar-refractivity contribution in [3.63, 3.8) is 0 Å². The third-order valence-electron chi connectivity index (χ3n) is 8.38. The summed E-state index contributed by atoms with van der Waals surface area (Å²) < 4.78 is 58.7. The fraction of sp³-hybridized carbons (Fsp3) is 0.667. The number of ether oxygens (including phenoxy) is 3. The van der Waals surface area contributed by atoms with Crippen LogP contribution in [0.15, 0.2) is 30.6 Å². The van der Waals surface area contributed by atoms with Gasteiger partial charge in [-0.05, 0) is 75.9 Å². The summed E-state index contributed by atoms with van der Waals surface area (Å²) in [6.45, 7) is 16.9. The molecule has 13 heteroatoms. The summed E-state index contributed by atoms with van der Waals surface area (Å²) in [7, 11) is -6.01. The molecule has 0 amide bonds. The second-order valence-corrected chi connectivity index (χ2v) is 19.3. The lowest BCUT2D eigenvalue weighted by molar-refractivity contribution is -0.0365. The van der Waals surface area contributed by atoms with Crippen molar-refractivity contribution in [2.24, 2.45) is 0 Å². The first kappa shape index (κ1) is 33.6. The first-order valence-corrected chi connectivity index (χ1v) is 19.7. The molecular formula is C30H48N4O7SSi. The Bertz CT molecular complexity index is 1460. The van der Waals surface area contributed by atoms with Crippen LogP contribution in [0.2, 0.25) is 18.1 Å². The minimum Gasteiger partial charge on any atom is -0.543 e. The molecule has 1 N–H and O–H groups in total. The zero-order valence-electron chi connectivity index (χ0n) is 26.6. The standard InChI is InChI=1S/C30H48N4O7SSi/c1-22(21-38-15-16-39-23(2)13-17-42(35,36)37)33-20-24(19-31-33)29-26-18-25(41-43(6,7)30(3,4)5)11-12-27(26)34(32-29)28-10-8-9-14-40-28/h11-12,18-20,22-23,28H,8-10,13-17,21H2,1-7H3,(H,35,36,37)/t22-,23+,28?/m1/s1. The van der Waals surface area contributed by atoms with E-state index in [1.807, 2.05) is 28.7 Å². The average Bonchev–Trinajstić information content (AvgIpc) is 3.56. The van der Waals surface area contributed by atoms with E-state index in [1.165, 1.54) is 0 Å². The number of aromatic nitrogens is 4. The van der Waals surface area contributed by atoms with Crippen LogP contribution in [0.25, 0.3) is 22.2 Å². The monoisotopic (exact) mass is 636 g/mol. The van der Waals surface area contributed by atoms with E-state index in [-0.39, 0.29) is 35.6 Å². The molecule has 1 saturated heterocycles. The highest BCUT2D eigenvalue weighted by Gasteiger charge is 2.39. The first-order chi connectivity index (χ1) is 20.1. The largest absolute Gasteiger partial charge is 0.543 e. The van der Waals surface area contributed by atoms with Gasteiger partial charge in [0.15, 0.2) is 6.23 Å². The molecule has 3 heterocycles. The highest BCUT2D eigenvalue weighted by molar-refractivity contribution is 7.85. The summed E-state index contributed by atoms with van der Waals surface area (Å²) in [6.07, 6.45) is 6.78. The van der Waals surface area contributed by atoms with Crippen LogP contribution >= 0.6 is 0 Å². The van der Waals surface area contributed by atoms with E-state index < -0.39 is 18.4 Å². The molecule has 3 aromatic rings. The van der Waals surface area contributed by atoms with Crippen molar-refractivity contribution in [2.75, 3.05) is 32.2 Å². The third-order valence-corrected chi connectivity index (χ3v) is 13.5. The zero-order chi connectivity index (χ0) is 31.4. The zero-order valence-corrected chi connectivity index (χ0v) is 28.4. The SMILES string of the molecule is C[C@H](COCCO[C@@H](C)CCS(=O)(=O)O)n1cc(-c2nn(C3CCCCO3)c3ccc(O[Si](C)(C)C(C)(C)C)cc23)cn1. The molecule has 1 aromatic carbocycles. The van der Waals surface area contributed by atoms with Crippen LogP contribution in [-0.2, 0) is 24.3 Å². The molecule has 1 fully saturated rings. The van der Waals surface area contributed by atoms with E-state index in [0.29, 0.717) is 19.8 Å². The van der Waals surface area contributed by atoms with E-state index in [9.17, 15) is 8.42 Å². The molecule has 2 aromatic heterocycles. The fourth-order valence-electron chi connectivity index (χ4n) is 4.72. The summed E-state index contributed by atoms with van der Waals surface area (Å²) in [6, 6.07) is 6.23. The predicted molar refractivity (Wildman–Crippen MR) is 170 cm³/mol. The van der Waals surface area contributed by atoms with Gasteiger partial charge in [-0.15, -0.1) is 0 Å². The topological polar surface area (TPSA) is 127 Å². The molecule has 11 nitrogen and oxygen atoms in total. The minimum absolute atomic E-state index is 0.0294. The number of hydrogen-bond donors (Lipinski definition) is 1. The molecule has 0 saturated carbocycles. The summed E-state index contributed by atoms with van der Waals surface area (Å²) in [5.41, 5.74) is 2.77. The van der Waals surface area contributed by atoms with Crippen molar-refractivity contribution in [3.8, 4) is 17.0 Å². The van der Waals surface area contributed by atoms with Gasteiger partial charge in [-0.2, -0.15) is 18.6 Å². The second kappa shape index (κ2) is 13.8. The fourth-order valence-corrected chi connectivity index (χ4v) is 6.37. The van der Waals surface area contributed by atoms with Crippen LogP contribution < -0.4 is 4.43 Å². The lowest BCUT2D eigenvalue weighted by Gasteiger charge is -2.36. The Balaban J connectivity index is 1.47. The molecule has 1 aliphatic rings. The number of benzene rings is 1. The highest BCUT2D eigenvalue weighted by atomic mass is 32.2. The summed E-state index contributed by atoms with van der Waals surface area (Å²) in [5, 5.41) is 10.8. The molecule has 43 heavy (non-hydrogen) atoms. The number of fused-ring (bicyclic) bond motifs is 1. The Morgan fingerprint density at radius 3 is 2.63 bits per heavy atom. The van der Waals surface area contributed by atoms with Gasteiger partial charge >= 0.3 is 0 Å². The molecule has 0 radical (unpaired) electrons. The quantitative estimate of drug-likeness (QED) is 0.124. The summed E-state index contributed by atoms with van der Waals surface area (Å²) >= 11 is 0. The highest BCUT2D eigenvalue weighted by Crippen LogP contribution is 2.40. The van der Waals surface area contributed by atoms with E-state index in [0.717, 1.165) is 53.8 Å². The van der Waals surface area contributed by atoms with Gasteiger partial charge in [0, 0.05) is 23.8 Å². The van der Waals surface area contributed by atoms with Crippen molar-refractivity contribution in [2.45, 2.75) is 96.8 Å². The normalized spacial score (nSPS) is 18.2. The van der Waals surface area contributed by atoms with Gasteiger partial charge in [0.2, 0.25) is 8.32 Å². The van der Waals surface area contributed by atoms with Gasteiger partial charge in [0.25, 0.3) is 10.1 Å². The molecule has 0 aliphatic carbocycles. The van der Waals surface area contributed by atoms with E-state index in [4.69, 9.17) is 28.3 Å². The van der Waals surface area contributed by atoms with Crippen molar-refractivity contribution in [3.05, 3.63) is 30.6 Å². The third kappa shape index (κ3) is 8.89. The number of rotatable bonds is 14. The molecule has 0 spiro atoms. The van der Waals surface area contributed by atoms with Crippen molar-refractivity contribution >= 4 is 29.3 Å². The molecule has 1 aliphatic heterocycles. The van der Waals surface area contributed by atoms with Crippen molar-refractivity contribution in [1.82, 2.24) is 19.6 Å². The van der Waals surface area contributed by atoms with Crippen LogP contribution in [0.3, 0.4) is 0 Å². The lowest BCUT2D eigenvalue weighted by Crippen LogP contribution is -2.43. The van der Waals surface area contributed by atoms with Crippen LogP contribution in [0.1, 0.15) is 72.6 Å². The second-order valence-electron chi connectivity index (χ2n) is 13.0. The van der Waals surface area contributed by atoms with Crippen molar-refractivity contribution in [1.29, 1.82) is 0 Å². The van der Waals surface area contributed by atoms with E-state index in [2.05, 4.69) is 57.2 Å². The Kier molecular flexibility index (Phi) is 10.8. The minimum atomic E-state index is -3.98. The molecular weight excluding hydrogens is 589 g/mol. The first-order valence-electron chi connectivity index (χ1n) is 15.2.